The first-order valence-corrected chi connectivity index (χ1v) is 10.0. The van der Waals surface area contributed by atoms with E-state index in [4.69, 9.17) is 0 Å². The van der Waals surface area contributed by atoms with E-state index in [1.54, 1.807) is 0 Å². The molecule has 5 nitrogen and oxygen atoms in total. The fourth-order valence-corrected chi connectivity index (χ4v) is 3.07. The highest BCUT2D eigenvalue weighted by atomic mass is 16.2. The molecule has 0 aliphatic rings. The van der Waals surface area contributed by atoms with Crippen molar-refractivity contribution in [1.82, 2.24) is 10.6 Å². The van der Waals surface area contributed by atoms with Crippen LogP contribution < -0.4 is 10.6 Å². The van der Waals surface area contributed by atoms with E-state index < -0.39 is 12.1 Å². The van der Waals surface area contributed by atoms with E-state index >= 15 is 0 Å². The summed E-state index contributed by atoms with van der Waals surface area (Å²) in [6, 6.07) is 16.3. The third kappa shape index (κ3) is 7.53. The Balaban J connectivity index is 1.90. The van der Waals surface area contributed by atoms with Gasteiger partial charge in [-0.25, -0.2) is 0 Å². The zero-order chi connectivity index (χ0) is 21.2. The van der Waals surface area contributed by atoms with Gasteiger partial charge in [-0.05, 0) is 36.8 Å². The van der Waals surface area contributed by atoms with Gasteiger partial charge in [0.1, 0.15) is 12.3 Å². The van der Waals surface area contributed by atoms with Gasteiger partial charge in [-0.3, -0.25) is 9.59 Å². The van der Waals surface area contributed by atoms with Crippen LogP contribution in [0.25, 0.3) is 0 Å². The Labute approximate surface area is 172 Å². The number of carbonyl (C=O) groups excluding carboxylic acids is 3. The lowest BCUT2D eigenvalue weighted by molar-refractivity contribution is -0.131. The maximum atomic E-state index is 12.7. The Hall–Kier alpha value is -2.95. The topological polar surface area (TPSA) is 75.3 Å². The van der Waals surface area contributed by atoms with Crippen LogP contribution in [0.1, 0.15) is 37.0 Å². The molecule has 2 amide bonds. The summed E-state index contributed by atoms with van der Waals surface area (Å²) in [6.45, 7) is 5.77. The normalized spacial score (nSPS) is 12.8. The highest BCUT2D eigenvalue weighted by molar-refractivity contribution is 5.89. The van der Waals surface area contributed by atoms with E-state index in [9.17, 15) is 14.4 Å². The van der Waals surface area contributed by atoms with Crippen LogP contribution in [0.2, 0.25) is 0 Å². The van der Waals surface area contributed by atoms with Gasteiger partial charge in [0.15, 0.2) is 0 Å². The summed E-state index contributed by atoms with van der Waals surface area (Å²) < 4.78 is 0. The Bertz CT molecular complexity index is 801. The first-order valence-electron chi connectivity index (χ1n) is 10.0. The van der Waals surface area contributed by atoms with Crippen LogP contribution in [-0.4, -0.2) is 30.2 Å². The van der Waals surface area contributed by atoms with E-state index in [0.717, 1.165) is 17.4 Å². The molecule has 0 aliphatic carbocycles. The van der Waals surface area contributed by atoms with Gasteiger partial charge in [-0.15, -0.1) is 0 Å². The summed E-state index contributed by atoms with van der Waals surface area (Å²) >= 11 is 0. The minimum Gasteiger partial charge on any atom is -0.344 e. The molecule has 0 radical (unpaired) electrons. The fraction of sp³-hybridized carbons (Fsp3) is 0.375. The summed E-state index contributed by atoms with van der Waals surface area (Å²) in [5, 5.41) is 5.58. The Morgan fingerprint density at radius 3 is 2.17 bits per heavy atom. The van der Waals surface area contributed by atoms with Crippen molar-refractivity contribution >= 4 is 18.1 Å². The quantitative estimate of drug-likeness (QED) is 0.608. The number of aldehydes is 1. The average molecular weight is 395 g/mol. The molecule has 0 saturated heterocycles. The molecule has 0 bridgehead atoms. The number of aryl methyl sites for hydroxylation is 2. The molecule has 0 fully saturated rings. The maximum absolute atomic E-state index is 12.7. The lowest BCUT2D eigenvalue weighted by Gasteiger charge is -2.23. The van der Waals surface area contributed by atoms with Crippen molar-refractivity contribution < 1.29 is 14.4 Å². The van der Waals surface area contributed by atoms with E-state index in [0.29, 0.717) is 19.3 Å². The van der Waals surface area contributed by atoms with Gasteiger partial charge in [-0.1, -0.05) is 74.0 Å². The fourth-order valence-electron chi connectivity index (χ4n) is 3.07. The van der Waals surface area contributed by atoms with Crippen molar-refractivity contribution in [3.63, 3.8) is 0 Å². The number of hydrogen-bond acceptors (Lipinski definition) is 3. The molecule has 2 aromatic rings. The van der Waals surface area contributed by atoms with Crippen LogP contribution in [0.4, 0.5) is 0 Å². The molecule has 0 aliphatic heterocycles. The van der Waals surface area contributed by atoms with Gasteiger partial charge in [0.2, 0.25) is 11.8 Å². The number of rotatable bonds is 10. The predicted octanol–water partition coefficient (Wildman–Crippen LogP) is 2.99. The third-order valence-corrected chi connectivity index (χ3v) is 4.82. The van der Waals surface area contributed by atoms with Crippen molar-refractivity contribution in [1.29, 1.82) is 0 Å². The largest absolute Gasteiger partial charge is 0.344 e. The highest BCUT2D eigenvalue weighted by Gasteiger charge is 2.26. The molecule has 1 unspecified atom stereocenters. The van der Waals surface area contributed by atoms with E-state index in [1.807, 2.05) is 75.4 Å². The zero-order valence-corrected chi connectivity index (χ0v) is 17.4. The number of nitrogens with one attached hydrogen (secondary N) is 2. The van der Waals surface area contributed by atoms with Gasteiger partial charge in [-0.2, -0.15) is 0 Å². The van der Waals surface area contributed by atoms with E-state index in [-0.39, 0.29) is 17.7 Å². The summed E-state index contributed by atoms with van der Waals surface area (Å²) in [5.41, 5.74) is 3.23. The van der Waals surface area contributed by atoms with Crippen molar-refractivity contribution in [3.8, 4) is 0 Å². The van der Waals surface area contributed by atoms with Crippen molar-refractivity contribution in [2.24, 2.45) is 5.92 Å². The monoisotopic (exact) mass is 394 g/mol. The van der Waals surface area contributed by atoms with Crippen LogP contribution in [0.15, 0.2) is 54.6 Å². The molecule has 154 valence electrons. The van der Waals surface area contributed by atoms with Crippen molar-refractivity contribution in [2.45, 2.75) is 52.1 Å². The van der Waals surface area contributed by atoms with E-state index in [1.165, 1.54) is 5.56 Å². The van der Waals surface area contributed by atoms with Gasteiger partial charge in [0.25, 0.3) is 0 Å². The minimum absolute atomic E-state index is 0.0950. The van der Waals surface area contributed by atoms with Gasteiger partial charge in [0.05, 0.1) is 6.04 Å². The zero-order valence-electron chi connectivity index (χ0n) is 17.4. The van der Waals surface area contributed by atoms with Crippen LogP contribution in [-0.2, 0) is 27.2 Å². The van der Waals surface area contributed by atoms with Crippen LogP contribution in [0, 0.1) is 12.8 Å². The first-order chi connectivity index (χ1) is 13.9. The first kappa shape index (κ1) is 22.3. The Morgan fingerprint density at radius 1 is 0.931 bits per heavy atom. The Kier molecular flexibility index (Phi) is 8.59. The molecule has 0 spiro atoms. The molecular weight excluding hydrogens is 364 g/mol. The molecule has 2 rings (SSSR count). The lowest BCUT2D eigenvalue weighted by atomic mass is 10.0. The predicted molar refractivity (Wildman–Crippen MR) is 114 cm³/mol. The molecule has 29 heavy (non-hydrogen) atoms. The number of hydrogen-bond donors (Lipinski definition) is 2. The average Bonchev–Trinajstić information content (AvgIpc) is 2.71. The third-order valence-electron chi connectivity index (χ3n) is 4.82. The van der Waals surface area contributed by atoms with Crippen molar-refractivity contribution in [3.05, 3.63) is 71.3 Å². The van der Waals surface area contributed by atoms with E-state index in [2.05, 4.69) is 10.6 Å². The molecular formula is C24H30N2O3. The maximum Gasteiger partial charge on any atom is 0.243 e. The van der Waals surface area contributed by atoms with Crippen LogP contribution in [0.5, 0.6) is 0 Å². The van der Waals surface area contributed by atoms with Gasteiger partial charge >= 0.3 is 0 Å². The molecule has 2 atom stereocenters. The SMILES string of the molecule is Cc1ccc(CCC(=O)N[C@H](C(=O)NC(C=O)Cc2ccccc2)C(C)C)cc1. The van der Waals surface area contributed by atoms with Gasteiger partial charge < -0.3 is 15.4 Å². The van der Waals surface area contributed by atoms with Crippen molar-refractivity contribution in [2.75, 3.05) is 0 Å². The second kappa shape index (κ2) is 11.1. The molecule has 0 heterocycles. The smallest absolute Gasteiger partial charge is 0.243 e. The summed E-state index contributed by atoms with van der Waals surface area (Å²) in [5.74, 6) is -0.607. The molecule has 5 heteroatoms. The number of amides is 2. The van der Waals surface area contributed by atoms with Crippen LogP contribution in [0.3, 0.4) is 0 Å². The van der Waals surface area contributed by atoms with Gasteiger partial charge in [0, 0.05) is 6.42 Å². The standard InChI is InChI=1S/C24H30N2O3/c1-17(2)23(26-22(28)14-13-19-11-9-18(3)10-12-19)24(29)25-21(16-27)15-20-7-5-4-6-8-20/h4-12,16-17,21,23H,13-15H2,1-3H3,(H,25,29)(H,26,28)/t21?,23-/m0/s1. The summed E-state index contributed by atoms with van der Waals surface area (Å²) in [4.78, 5) is 36.5. The molecule has 0 aromatic heterocycles. The highest BCUT2D eigenvalue weighted by Crippen LogP contribution is 2.08. The second-order valence-electron chi connectivity index (χ2n) is 7.72. The summed E-state index contributed by atoms with van der Waals surface area (Å²) in [7, 11) is 0. The molecule has 2 N–H and O–H groups in total. The summed E-state index contributed by atoms with van der Waals surface area (Å²) in [6.07, 6.45) is 2.08. The molecule has 2 aromatic carbocycles. The molecule has 0 saturated carbocycles. The number of benzene rings is 2. The van der Waals surface area contributed by atoms with Crippen LogP contribution >= 0.6 is 0 Å². The Morgan fingerprint density at radius 2 is 1.59 bits per heavy atom. The second-order valence-corrected chi connectivity index (χ2v) is 7.72. The number of carbonyl (C=O) groups is 3. The lowest BCUT2D eigenvalue weighted by Crippen LogP contribution is -2.52. The minimum atomic E-state index is -0.682.